The maximum Gasteiger partial charge on any atom is 0.256 e. The molecule has 0 bridgehead atoms. The Kier molecular flexibility index (Phi) is 10.4. The van der Waals surface area contributed by atoms with Crippen molar-refractivity contribution in [1.82, 2.24) is 44.9 Å². The average molecular weight is 653 g/mol. The van der Waals surface area contributed by atoms with Gasteiger partial charge in [-0.25, -0.2) is 14.6 Å². The summed E-state index contributed by atoms with van der Waals surface area (Å²) in [5.41, 5.74) is 2.62. The van der Waals surface area contributed by atoms with Crippen LogP contribution in [0.3, 0.4) is 0 Å². The van der Waals surface area contributed by atoms with E-state index in [-0.39, 0.29) is 37.4 Å². The van der Waals surface area contributed by atoms with E-state index < -0.39 is 0 Å². The molecule has 3 aromatic heterocycles. The predicted octanol–water partition coefficient (Wildman–Crippen LogP) is 4.29. The van der Waals surface area contributed by atoms with E-state index in [0.29, 0.717) is 41.4 Å². The van der Waals surface area contributed by atoms with E-state index in [1.54, 1.807) is 29.2 Å². The Morgan fingerprint density at radius 2 is 1.79 bits per heavy atom. The molecule has 0 spiro atoms. The Bertz CT molecular complexity index is 1710. The molecule has 1 saturated heterocycles. The molecule has 2 aliphatic rings. The van der Waals surface area contributed by atoms with Crippen molar-refractivity contribution in [3.63, 3.8) is 0 Å². The van der Waals surface area contributed by atoms with Crippen molar-refractivity contribution >= 4 is 11.6 Å². The molecule has 1 aliphatic carbocycles. The molecule has 1 N–H and O–H groups in total. The molecule has 3 atom stereocenters. The summed E-state index contributed by atoms with van der Waals surface area (Å²) >= 11 is 0. The number of ether oxygens (including phenoxy) is 3. The summed E-state index contributed by atoms with van der Waals surface area (Å²) in [4.78, 5) is 11.7. The zero-order valence-electron chi connectivity index (χ0n) is 27.4. The average Bonchev–Trinajstić information content (AvgIpc) is 3.75. The van der Waals surface area contributed by atoms with Crippen molar-refractivity contribution < 1.29 is 14.2 Å². The normalized spacial score (nSPS) is 21.9. The molecule has 6 rings (SSSR count). The molecule has 1 aromatic carbocycles. The van der Waals surface area contributed by atoms with Gasteiger partial charge in [0.2, 0.25) is 5.95 Å². The lowest BCUT2D eigenvalue weighted by Gasteiger charge is -2.42. The van der Waals surface area contributed by atoms with Gasteiger partial charge >= 0.3 is 0 Å². The van der Waals surface area contributed by atoms with Crippen LogP contribution in [0.1, 0.15) is 64.5 Å². The fourth-order valence-electron chi connectivity index (χ4n) is 6.49. The lowest BCUT2D eigenvalue weighted by molar-refractivity contribution is -0.0852. The highest BCUT2D eigenvalue weighted by atomic mass is 16.5. The number of hydrogen-bond donors (Lipinski definition) is 1. The quantitative estimate of drug-likeness (QED) is 0.215. The topological polar surface area (TPSA) is 178 Å². The van der Waals surface area contributed by atoms with Gasteiger partial charge in [0, 0.05) is 37.1 Å². The molecule has 15 nitrogen and oxygen atoms in total. The van der Waals surface area contributed by atoms with Gasteiger partial charge in [-0.3, -0.25) is 9.58 Å². The van der Waals surface area contributed by atoms with E-state index in [1.165, 1.54) is 6.33 Å². The smallest absolute Gasteiger partial charge is 0.256 e. The summed E-state index contributed by atoms with van der Waals surface area (Å²) in [6.07, 6.45) is 11.6. The molecular formula is C33H40N12O3. The number of rotatable bonds is 12. The monoisotopic (exact) mass is 652 g/mol. The van der Waals surface area contributed by atoms with Gasteiger partial charge in [-0.2, -0.15) is 10.5 Å². The van der Waals surface area contributed by atoms with E-state index in [9.17, 15) is 5.26 Å². The van der Waals surface area contributed by atoms with Crippen LogP contribution in [0.25, 0.3) is 11.1 Å². The van der Waals surface area contributed by atoms with Crippen molar-refractivity contribution in [1.29, 1.82) is 10.5 Å². The molecule has 1 saturated carbocycles. The van der Waals surface area contributed by atoms with Gasteiger partial charge in [-0.05, 0) is 74.6 Å². The van der Waals surface area contributed by atoms with Gasteiger partial charge in [-0.1, -0.05) is 6.07 Å². The first-order chi connectivity index (χ1) is 23.4. The van der Waals surface area contributed by atoms with E-state index in [4.69, 9.17) is 24.6 Å². The first-order valence-electron chi connectivity index (χ1n) is 16.4. The molecule has 4 aromatic rings. The van der Waals surface area contributed by atoms with Crippen LogP contribution in [0.2, 0.25) is 0 Å². The minimum atomic E-state index is -0.281. The highest BCUT2D eigenvalue weighted by molar-refractivity contribution is 5.67. The highest BCUT2D eigenvalue weighted by Crippen LogP contribution is 2.35. The molecule has 0 amide bonds. The van der Waals surface area contributed by atoms with E-state index in [1.807, 2.05) is 23.9 Å². The first kappa shape index (κ1) is 32.8. The van der Waals surface area contributed by atoms with Gasteiger partial charge in [0.25, 0.3) is 5.88 Å². The minimum absolute atomic E-state index is 0.236. The molecule has 250 valence electrons. The first-order valence-corrected chi connectivity index (χ1v) is 16.4. The van der Waals surface area contributed by atoms with Crippen molar-refractivity contribution in [3.8, 4) is 34.9 Å². The molecule has 4 heterocycles. The molecule has 0 unspecified atom stereocenters. The molecule has 48 heavy (non-hydrogen) atoms. The molecule has 0 radical (unpaired) electrons. The Hall–Kier alpha value is -5.12. The molecule has 15 heteroatoms. The Morgan fingerprint density at radius 3 is 2.48 bits per heavy atom. The maximum atomic E-state index is 9.64. The van der Waals surface area contributed by atoms with Crippen molar-refractivity contribution in [3.05, 3.63) is 48.7 Å². The molecular weight excluding hydrogens is 612 g/mol. The Balaban J connectivity index is 1.13. The third-order valence-electron chi connectivity index (χ3n) is 8.65. The number of hydrogen-bond acceptors (Lipinski definition) is 13. The zero-order chi connectivity index (χ0) is 33.5. The fourth-order valence-corrected chi connectivity index (χ4v) is 6.49. The second kappa shape index (κ2) is 15.2. The van der Waals surface area contributed by atoms with E-state index in [2.05, 4.69) is 61.7 Å². The molecule has 1 aliphatic heterocycles. The number of benzene rings is 1. The van der Waals surface area contributed by atoms with Crippen molar-refractivity contribution in [2.24, 2.45) is 0 Å². The van der Waals surface area contributed by atoms with Crippen LogP contribution < -0.4 is 14.8 Å². The summed E-state index contributed by atoms with van der Waals surface area (Å²) < 4.78 is 21.5. The largest absolute Gasteiger partial charge is 0.487 e. The minimum Gasteiger partial charge on any atom is -0.487 e. The fraction of sp³-hybridized carbons (Fsp3) is 0.515. The summed E-state index contributed by atoms with van der Waals surface area (Å²) in [6.45, 7) is 8.81. The third-order valence-corrected chi connectivity index (χ3v) is 8.65. The SMILES string of the molecule is C[C@@H]1CN(C2CCC(n3cc(Nc4ncc(-c5ccc(C#N)c(O[C@@H](C)Cn6cnnn6)c5)cn4)c(OCCC#N)n3)CC2)C[C@H](C)O1. The summed E-state index contributed by atoms with van der Waals surface area (Å²) in [6, 6.07) is 10.5. The predicted molar refractivity (Wildman–Crippen MR) is 174 cm³/mol. The molecule has 2 fully saturated rings. The van der Waals surface area contributed by atoms with Crippen LogP contribution in [0, 0.1) is 22.7 Å². The zero-order valence-corrected chi connectivity index (χ0v) is 27.4. The number of nitrogens with one attached hydrogen (secondary N) is 1. The van der Waals surface area contributed by atoms with Crippen LogP contribution in [-0.2, 0) is 11.3 Å². The second-order valence-electron chi connectivity index (χ2n) is 12.5. The van der Waals surface area contributed by atoms with Crippen LogP contribution in [0.5, 0.6) is 11.6 Å². The van der Waals surface area contributed by atoms with Crippen LogP contribution in [-0.4, -0.2) is 88.9 Å². The Labute approximate surface area is 279 Å². The summed E-state index contributed by atoms with van der Waals surface area (Å²) in [5.74, 6) is 1.25. The van der Waals surface area contributed by atoms with E-state index >= 15 is 0 Å². The number of morpholine rings is 1. The number of anilines is 2. The van der Waals surface area contributed by atoms with Crippen molar-refractivity contribution in [2.45, 2.75) is 89.8 Å². The van der Waals surface area contributed by atoms with Gasteiger partial charge in [0.05, 0.1) is 49.0 Å². The summed E-state index contributed by atoms with van der Waals surface area (Å²) in [7, 11) is 0. The lowest BCUT2D eigenvalue weighted by Crippen LogP contribution is -2.51. The van der Waals surface area contributed by atoms with Crippen molar-refractivity contribution in [2.75, 3.05) is 25.0 Å². The van der Waals surface area contributed by atoms with Crippen LogP contribution in [0.4, 0.5) is 11.6 Å². The number of aromatic nitrogens is 8. The maximum absolute atomic E-state index is 9.64. The van der Waals surface area contributed by atoms with Gasteiger partial charge in [-0.15, -0.1) is 10.2 Å². The van der Waals surface area contributed by atoms with Crippen LogP contribution in [0.15, 0.2) is 43.1 Å². The number of nitrogens with zero attached hydrogens (tertiary/aromatic N) is 11. The summed E-state index contributed by atoms with van der Waals surface area (Å²) in [5, 5.41) is 37.9. The van der Waals surface area contributed by atoms with Crippen LogP contribution >= 0.6 is 0 Å². The second-order valence-corrected chi connectivity index (χ2v) is 12.5. The van der Waals surface area contributed by atoms with Gasteiger partial charge < -0.3 is 19.5 Å². The lowest BCUT2D eigenvalue weighted by atomic mass is 9.89. The highest BCUT2D eigenvalue weighted by Gasteiger charge is 2.32. The third kappa shape index (κ3) is 8.05. The standard InChI is InChI=1S/C33H40N12O3/c1-22-17-43(18-23(2)47-22)28-7-9-29(10-8-28)45-20-30(32(40-45)46-12-4-11-34)39-33-36-15-27(16-37-33)25-5-6-26(14-35)31(13-25)48-24(3)19-44-21-38-41-42-44/h5-6,13,15-16,20-24,28-29H,4,7-10,12,17-19H2,1-3H3,(H,36,37,39)/t22-,23+,24-,28?,29?/m0/s1. The van der Waals surface area contributed by atoms with Gasteiger partial charge in [0.15, 0.2) is 0 Å². The van der Waals surface area contributed by atoms with E-state index in [0.717, 1.165) is 49.9 Å². The Morgan fingerprint density at radius 1 is 1.04 bits per heavy atom. The number of tetrazole rings is 1. The van der Waals surface area contributed by atoms with Gasteiger partial charge in [0.1, 0.15) is 36.5 Å². The number of nitriles is 2.